The highest BCUT2D eigenvalue weighted by atomic mass is 19.1. The van der Waals surface area contributed by atoms with Gasteiger partial charge in [0.1, 0.15) is 5.69 Å². The van der Waals surface area contributed by atoms with Crippen LogP contribution in [0.15, 0.2) is 36.5 Å². The van der Waals surface area contributed by atoms with E-state index in [1.807, 2.05) is 25.1 Å². The molecular weight excluding hydrogens is 241 g/mol. The van der Waals surface area contributed by atoms with Crippen LogP contribution in [-0.2, 0) is 6.54 Å². The maximum Gasteiger partial charge on any atom is 0.151 e. The number of aryl methyl sites for hydroxylation is 1. The summed E-state index contributed by atoms with van der Waals surface area (Å²) in [6, 6.07) is 8.97. The first-order valence-corrected chi connectivity index (χ1v) is 6.13. The normalized spacial score (nSPS) is 11.1. The van der Waals surface area contributed by atoms with Gasteiger partial charge in [-0.25, -0.2) is 4.39 Å². The number of aromatic amines is 1. The van der Waals surface area contributed by atoms with E-state index < -0.39 is 0 Å². The molecular formula is C15H14FN3. The molecule has 0 unspecified atom stereocenters. The first kappa shape index (κ1) is 11.9. The molecule has 0 atom stereocenters. The summed E-state index contributed by atoms with van der Waals surface area (Å²) in [4.78, 5) is 7.35. The Morgan fingerprint density at radius 2 is 2.16 bits per heavy atom. The minimum absolute atomic E-state index is 0.323. The fourth-order valence-corrected chi connectivity index (χ4v) is 2.31. The quantitative estimate of drug-likeness (QED) is 0.739. The Balaban J connectivity index is 2.26. The van der Waals surface area contributed by atoms with E-state index in [9.17, 15) is 4.39 Å². The highest BCUT2D eigenvalue weighted by molar-refractivity contribution is 5.90. The lowest BCUT2D eigenvalue weighted by Gasteiger charge is -2.00. The first-order valence-electron chi connectivity index (χ1n) is 6.13. The second-order valence-corrected chi connectivity index (χ2v) is 4.54. The standard InChI is InChI=1S/C15H14FN3/c1-9-11-7-10(8-17)4-5-13(11)19-14(9)15-12(16)3-2-6-18-15/h2-7,19H,8,17H2,1H3. The van der Waals surface area contributed by atoms with E-state index in [4.69, 9.17) is 5.73 Å². The third kappa shape index (κ3) is 1.90. The number of rotatable bonds is 2. The molecule has 0 aliphatic heterocycles. The number of nitrogens with zero attached hydrogens (tertiary/aromatic N) is 1. The molecule has 96 valence electrons. The zero-order chi connectivity index (χ0) is 13.4. The second kappa shape index (κ2) is 4.48. The van der Waals surface area contributed by atoms with E-state index in [0.717, 1.165) is 27.7 Å². The number of hydrogen-bond donors (Lipinski definition) is 2. The summed E-state index contributed by atoms with van der Waals surface area (Å²) in [6.07, 6.45) is 1.59. The van der Waals surface area contributed by atoms with Gasteiger partial charge in [-0.1, -0.05) is 6.07 Å². The van der Waals surface area contributed by atoms with Gasteiger partial charge >= 0.3 is 0 Å². The lowest BCUT2D eigenvalue weighted by atomic mass is 10.1. The molecule has 4 heteroatoms. The van der Waals surface area contributed by atoms with Crippen LogP contribution >= 0.6 is 0 Å². The topological polar surface area (TPSA) is 54.7 Å². The van der Waals surface area contributed by atoms with Gasteiger partial charge in [0, 0.05) is 23.6 Å². The third-order valence-electron chi connectivity index (χ3n) is 3.35. The van der Waals surface area contributed by atoms with Crippen molar-refractivity contribution in [3.05, 3.63) is 53.5 Å². The number of halogens is 1. The van der Waals surface area contributed by atoms with Crippen LogP contribution in [0.5, 0.6) is 0 Å². The van der Waals surface area contributed by atoms with Crippen molar-refractivity contribution < 1.29 is 4.39 Å². The number of H-pyrrole nitrogens is 1. The summed E-state index contributed by atoms with van der Waals surface area (Å²) in [5.41, 5.74) is 9.74. The Morgan fingerprint density at radius 1 is 1.32 bits per heavy atom. The van der Waals surface area contributed by atoms with Gasteiger partial charge in [-0.2, -0.15) is 0 Å². The molecule has 3 N–H and O–H groups in total. The van der Waals surface area contributed by atoms with Gasteiger partial charge in [0.15, 0.2) is 5.82 Å². The number of benzene rings is 1. The number of hydrogen-bond acceptors (Lipinski definition) is 2. The molecule has 0 fully saturated rings. The predicted octanol–water partition coefficient (Wildman–Crippen LogP) is 3.14. The molecule has 0 aliphatic carbocycles. The van der Waals surface area contributed by atoms with Gasteiger partial charge in [0.05, 0.1) is 5.69 Å². The molecule has 0 aliphatic rings. The van der Waals surface area contributed by atoms with Crippen molar-refractivity contribution >= 4 is 10.9 Å². The molecule has 3 rings (SSSR count). The van der Waals surface area contributed by atoms with Gasteiger partial charge in [-0.15, -0.1) is 0 Å². The predicted molar refractivity (Wildman–Crippen MR) is 74.1 cm³/mol. The van der Waals surface area contributed by atoms with Crippen LogP contribution in [0.1, 0.15) is 11.1 Å². The van der Waals surface area contributed by atoms with E-state index in [2.05, 4.69) is 9.97 Å². The number of nitrogens with one attached hydrogen (secondary N) is 1. The number of fused-ring (bicyclic) bond motifs is 1. The Morgan fingerprint density at radius 3 is 2.89 bits per heavy atom. The lowest BCUT2D eigenvalue weighted by Crippen LogP contribution is -1.95. The summed E-state index contributed by atoms with van der Waals surface area (Å²) in [5.74, 6) is -0.323. The van der Waals surface area contributed by atoms with Gasteiger partial charge in [-0.05, 0) is 42.3 Å². The van der Waals surface area contributed by atoms with Gasteiger partial charge in [-0.3, -0.25) is 4.98 Å². The Hall–Kier alpha value is -2.20. The highest BCUT2D eigenvalue weighted by Crippen LogP contribution is 2.30. The summed E-state index contributed by atoms with van der Waals surface area (Å²) in [6.45, 7) is 2.45. The van der Waals surface area contributed by atoms with Crippen molar-refractivity contribution in [3.63, 3.8) is 0 Å². The summed E-state index contributed by atoms with van der Waals surface area (Å²) >= 11 is 0. The molecule has 3 nitrogen and oxygen atoms in total. The van der Waals surface area contributed by atoms with Crippen molar-refractivity contribution in [2.45, 2.75) is 13.5 Å². The smallest absolute Gasteiger partial charge is 0.151 e. The lowest BCUT2D eigenvalue weighted by molar-refractivity contribution is 0.625. The zero-order valence-electron chi connectivity index (χ0n) is 10.6. The van der Waals surface area contributed by atoms with Gasteiger partial charge in [0.2, 0.25) is 0 Å². The van der Waals surface area contributed by atoms with Crippen LogP contribution in [-0.4, -0.2) is 9.97 Å². The van der Waals surface area contributed by atoms with Crippen LogP contribution < -0.4 is 5.73 Å². The molecule has 19 heavy (non-hydrogen) atoms. The van der Waals surface area contributed by atoms with Gasteiger partial charge in [0.25, 0.3) is 0 Å². The highest BCUT2D eigenvalue weighted by Gasteiger charge is 2.14. The largest absolute Gasteiger partial charge is 0.353 e. The Bertz CT molecular complexity index is 746. The molecule has 0 saturated heterocycles. The van der Waals surface area contributed by atoms with Crippen LogP contribution in [0.25, 0.3) is 22.3 Å². The average Bonchev–Trinajstić information content (AvgIpc) is 2.76. The van der Waals surface area contributed by atoms with E-state index in [1.165, 1.54) is 6.07 Å². The number of nitrogens with two attached hydrogens (primary N) is 1. The number of aromatic nitrogens is 2. The van der Waals surface area contributed by atoms with Crippen molar-refractivity contribution in [2.24, 2.45) is 5.73 Å². The molecule has 0 radical (unpaired) electrons. The van der Waals surface area contributed by atoms with E-state index >= 15 is 0 Å². The Labute approximate surface area is 110 Å². The second-order valence-electron chi connectivity index (χ2n) is 4.54. The molecule has 0 spiro atoms. The van der Waals surface area contributed by atoms with Crippen LogP contribution in [0.3, 0.4) is 0 Å². The van der Waals surface area contributed by atoms with Crippen LogP contribution in [0, 0.1) is 12.7 Å². The fraction of sp³-hybridized carbons (Fsp3) is 0.133. The molecule has 0 saturated carbocycles. The monoisotopic (exact) mass is 255 g/mol. The maximum absolute atomic E-state index is 13.8. The average molecular weight is 255 g/mol. The maximum atomic E-state index is 13.8. The molecule has 2 aromatic heterocycles. The fourth-order valence-electron chi connectivity index (χ4n) is 2.31. The van der Waals surface area contributed by atoms with Gasteiger partial charge < -0.3 is 10.7 Å². The summed E-state index contributed by atoms with van der Waals surface area (Å²) in [5, 5.41) is 1.06. The molecule has 3 aromatic rings. The minimum atomic E-state index is -0.323. The molecule has 0 bridgehead atoms. The van der Waals surface area contributed by atoms with E-state index in [0.29, 0.717) is 12.2 Å². The van der Waals surface area contributed by atoms with Crippen molar-refractivity contribution in [2.75, 3.05) is 0 Å². The first-order chi connectivity index (χ1) is 9.20. The molecule has 1 aromatic carbocycles. The Kier molecular flexibility index (Phi) is 2.80. The number of pyridine rings is 1. The van der Waals surface area contributed by atoms with E-state index in [1.54, 1.807) is 12.3 Å². The minimum Gasteiger partial charge on any atom is -0.353 e. The van der Waals surface area contributed by atoms with E-state index in [-0.39, 0.29) is 5.82 Å². The van der Waals surface area contributed by atoms with Crippen LogP contribution in [0.2, 0.25) is 0 Å². The third-order valence-corrected chi connectivity index (χ3v) is 3.35. The zero-order valence-corrected chi connectivity index (χ0v) is 10.6. The summed E-state index contributed by atoms with van der Waals surface area (Å²) < 4.78 is 13.8. The molecule has 2 heterocycles. The van der Waals surface area contributed by atoms with Crippen LogP contribution in [0.4, 0.5) is 4.39 Å². The van der Waals surface area contributed by atoms with Crippen molar-refractivity contribution in [3.8, 4) is 11.4 Å². The molecule has 0 amide bonds. The van der Waals surface area contributed by atoms with Crippen molar-refractivity contribution in [1.82, 2.24) is 9.97 Å². The van der Waals surface area contributed by atoms with Crippen molar-refractivity contribution in [1.29, 1.82) is 0 Å². The SMILES string of the molecule is Cc1c(-c2ncccc2F)[nH]c2ccc(CN)cc12. The summed E-state index contributed by atoms with van der Waals surface area (Å²) in [7, 11) is 0.